The molecule has 0 radical (unpaired) electrons. The number of benzene rings is 1. The molecular weight excluding hydrogens is 268 g/mol. The number of rotatable bonds is 4. The molecule has 1 atom stereocenters. The lowest BCUT2D eigenvalue weighted by atomic mass is 10.1. The van der Waals surface area contributed by atoms with Crippen molar-refractivity contribution < 1.29 is 14.3 Å². The molecule has 5 heteroatoms. The van der Waals surface area contributed by atoms with E-state index in [9.17, 15) is 9.90 Å². The fourth-order valence-corrected chi connectivity index (χ4v) is 2.25. The number of para-hydroxylation sites is 1. The average molecular weight is 282 g/mol. The number of aromatic nitrogens is 1. The van der Waals surface area contributed by atoms with Crippen molar-refractivity contribution in [3.05, 3.63) is 60.2 Å². The predicted octanol–water partition coefficient (Wildman–Crippen LogP) is 3.70. The summed E-state index contributed by atoms with van der Waals surface area (Å²) in [6.07, 6.45) is 1.61. The molecule has 0 fully saturated rings. The second kappa shape index (κ2) is 5.28. The maximum Gasteiger partial charge on any atom is 0.354 e. The number of nitrogens with zero attached hydrogens (tertiary/aromatic N) is 1. The Kier molecular flexibility index (Phi) is 3.31. The van der Waals surface area contributed by atoms with Crippen molar-refractivity contribution in [3.8, 4) is 0 Å². The van der Waals surface area contributed by atoms with Gasteiger partial charge in [-0.1, -0.05) is 18.2 Å². The molecule has 5 nitrogen and oxygen atoms in total. The van der Waals surface area contributed by atoms with Gasteiger partial charge in [0.15, 0.2) is 5.69 Å². The minimum atomic E-state index is -1.05. The second-order valence-electron chi connectivity index (χ2n) is 4.76. The zero-order valence-electron chi connectivity index (χ0n) is 11.4. The summed E-state index contributed by atoms with van der Waals surface area (Å²) in [5, 5.41) is 13.3. The highest BCUT2D eigenvalue weighted by Gasteiger charge is 2.14. The van der Waals surface area contributed by atoms with E-state index in [1.165, 1.54) is 0 Å². The van der Waals surface area contributed by atoms with Gasteiger partial charge < -0.3 is 14.8 Å². The molecule has 0 aliphatic carbocycles. The fourth-order valence-electron chi connectivity index (χ4n) is 2.25. The van der Waals surface area contributed by atoms with Gasteiger partial charge in [-0.05, 0) is 31.2 Å². The lowest BCUT2D eigenvalue weighted by Crippen LogP contribution is -2.08. The van der Waals surface area contributed by atoms with Gasteiger partial charge in [-0.15, -0.1) is 0 Å². The lowest BCUT2D eigenvalue weighted by Gasteiger charge is -2.15. The van der Waals surface area contributed by atoms with Crippen LogP contribution in [0.5, 0.6) is 0 Å². The number of carboxylic acid groups (broad SMARTS) is 1. The van der Waals surface area contributed by atoms with Gasteiger partial charge >= 0.3 is 5.97 Å². The number of hydrogen-bond donors (Lipinski definition) is 2. The van der Waals surface area contributed by atoms with Gasteiger partial charge in [0.05, 0.1) is 17.8 Å². The van der Waals surface area contributed by atoms with Crippen molar-refractivity contribution in [2.75, 3.05) is 5.32 Å². The van der Waals surface area contributed by atoms with Crippen LogP contribution in [0.15, 0.2) is 53.1 Å². The highest BCUT2D eigenvalue weighted by atomic mass is 16.4. The van der Waals surface area contributed by atoms with Crippen molar-refractivity contribution in [1.82, 2.24) is 4.98 Å². The molecule has 3 rings (SSSR count). The second-order valence-corrected chi connectivity index (χ2v) is 4.76. The van der Waals surface area contributed by atoms with E-state index in [2.05, 4.69) is 10.3 Å². The van der Waals surface area contributed by atoms with Crippen LogP contribution in [-0.4, -0.2) is 16.1 Å². The predicted molar refractivity (Wildman–Crippen MR) is 79.4 cm³/mol. The lowest BCUT2D eigenvalue weighted by molar-refractivity contribution is 0.0691. The van der Waals surface area contributed by atoms with E-state index in [-0.39, 0.29) is 11.7 Å². The van der Waals surface area contributed by atoms with Crippen LogP contribution in [0.25, 0.3) is 10.9 Å². The van der Waals surface area contributed by atoms with Crippen LogP contribution >= 0.6 is 0 Å². The molecule has 21 heavy (non-hydrogen) atoms. The molecule has 106 valence electrons. The van der Waals surface area contributed by atoms with Crippen LogP contribution in [0.1, 0.15) is 29.2 Å². The number of pyridine rings is 1. The molecule has 2 N–H and O–H groups in total. The normalized spacial score (nSPS) is 12.2. The van der Waals surface area contributed by atoms with Crippen LogP contribution in [0.2, 0.25) is 0 Å². The third kappa shape index (κ3) is 2.58. The first-order chi connectivity index (χ1) is 10.1. The van der Waals surface area contributed by atoms with Gasteiger partial charge in [0, 0.05) is 11.1 Å². The number of furan rings is 1. The van der Waals surface area contributed by atoms with E-state index in [4.69, 9.17) is 4.42 Å². The Labute approximate surface area is 121 Å². The van der Waals surface area contributed by atoms with Crippen LogP contribution in [-0.2, 0) is 0 Å². The van der Waals surface area contributed by atoms with Crippen molar-refractivity contribution in [3.63, 3.8) is 0 Å². The number of hydrogen-bond acceptors (Lipinski definition) is 4. The molecule has 0 saturated carbocycles. The van der Waals surface area contributed by atoms with Gasteiger partial charge in [0.2, 0.25) is 0 Å². The molecule has 2 heterocycles. The summed E-state index contributed by atoms with van der Waals surface area (Å²) in [5.41, 5.74) is 1.39. The van der Waals surface area contributed by atoms with E-state index in [0.717, 1.165) is 16.8 Å². The average Bonchev–Trinajstić information content (AvgIpc) is 3.01. The summed E-state index contributed by atoms with van der Waals surface area (Å²) < 4.78 is 5.36. The number of carboxylic acids is 1. The van der Waals surface area contributed by atoms with Crippen molar-refractivity contribution in [2.45, 2.75) is 13.0 Å². The van der Waals surface area contributed by atoms with Crippen LogP contribution < -0.4 is 5.32 Å². The smallest absolute Gasteiger partial charge is 0.354 e. The molecule has 0 aliphatic heterocycles. The van der Waals surface area contributed by atoms with Crippen LogP contribution in [0.3, 0.4) is 0 Å². The Balaban J connectivity index is 2.05. The van der Waals surface area contributed by atoms with E-state index in [1.807, 2.05) is 37.3 Å². The highest BCUT2D eigenvalue weighted by molar-refractivity contribution is 5.97. The third-order valence-corrected chi connectivity index (χ3v) is 3.28. The number of carbonyl (C=O) groups is 1. The van der Waals surface area contributed by atoms with E-state index >= 15 is 0 Å². The standard InChI is InChI=1S/C16H14N2O3/c1-10(15-7-4-8-21-15)17-13-9-14(16(19)20)18-12-6-3-2-5-11(12)13/h2-10H,1H3,(H,17,18)(H,19,20). The van der Waals surface area contributed by atoms with Gasteiger partial charge in [0.1, 0.15) is 5.76 Å². The van der Waals surface area contributed by atoms with E-state index < -0.39 is 5.97 Å². The van der Waals surface area contributed by atoms with Crippen LogP contribution in [0.4, 0.5) is 5.69 Å². The summed E-state index contributed by atoms with van der Waals surface area (Å²) in [4.78, 5) is 15.3. The Hall–Kier alpha value is -2.82. The van der Waals surface area contributed by atoms with Gasteiger partial charge in [0.25, 0.3) is 0 Å². The maximum atomic E-state index is 11.2. The molecule has 1 aromatic carbocycles. The first-order valence-corrected chi connectivity index (χ1v) is 6.58. The minimum Gasteiger partial charge on any atom is -0.477 e. The van der Waals surface area contributed by atoms with Crippen LogP contribution in [0, 0.1) is 0 Å². The highest BCUT2D eigenvalue weighted by Crippen LogP contribution is 2.27. The number of nitrogens with one attached hydrogen (secondary N) is 1. The summed E-state index contributed by atoms with van der Waals surface area (Å²) in [6, 6.07) is 12.6. The van der Waals surface area contributed by atoms with Crippen molar-refractivity contribution in [2.24, 2.45) is 0 Å². The molecule has 0 amide bonds. The van der Waals surface area contributed by atoms with Gasteiger partial charge in [-0.25, -0.2) is 9.78 Å². The maximum absolute atomic E-state index is 11.2. The first-order valence-electron chi connectivity index (χ1n) is 6.58. The Morgan fingerprint density at radius 2 is 2.10 bits per heavy atom. The monoisotopic (exact) mass is 282 g/mol. The first kappa shape index (κ1) is 13.2. The number of aromatic carboxylic acids is 1. The van der Waals surface area contributed by atoms with Gasteiger partial charge in [-0.2, -0.15) is 0 Å². The molecule has 2 aromatic heterocycles. The summed E-state index contributed by atoms with van der Waals surface area (Å²) >= 11 is 0. The Morgan fingerprint density at radius 3 is 2.81 bits per heavy atom. The molecule has 1 unspecified atom stereocenters. The molecule has 0 saturated heterocycles. The topological polar surface area (TPSA) is 75.4 Å². The molecule has 0 spiro atoms. The minimum absolute atomic E-state index is 0.0165. The van der Waals surface area contributed by atoms with E-state index in [0.29, 0.717) is 5.52 Å². The fraction of sp³-hybridized carbons (Fsp3) is 0.125. The van der Waals surface area contributed by atoms with Crippen molar-refractivity contribution >= 4 is 22.6 Å². The quantitative estimate of drug-likeness (QED) is 0.763. The Morgan fingerprint density at radius 1 is 1.29 bits per heavy atom. The van der Waals surface area contributed by atoms with Crippen molar-refractivity contribution in [1.29, 1.82) is 0 Å². The Bertz CT molecular complexity index is 781. The SMILES string of the molecule is CC(Nc1cc(C(=O)O)nc2ccccc12)c1ccco1. The summed E-state index contributed by atoms with van der Waals surface area (Å²) in [6.45, 7) is 1.95. The molecule has 0 aliphatic rings. The largest absolute Gasteiger partial charge is 0.477 e. The summed E-state index contributed by atoms with van der Waals surface area (Å²) in [5.74, 6) is -0.262. The van der Waals surface area contributed by atoms with Gasteiger partial charge in [-0.3, -0.25) is 0 Å². The number of anilines is 1. The third-order valence-electron chi connectivity index (χ3n) is 3.28. The molecule has 3 aromatic rings. The van der Waals surface area contributed by atoms with E-state index in [1.54, 1.807) is 18.4 Å². The molecule has 0 bridgehead atoms. The summed E-state index contributed by atoms with van der Waals surface area (Å²) in [7, 11) is 0. The molecular formula is C16H14N2O3. The zero-order valence-corrected chi connectivity index (χ0v) is 11.4. The zero-order chi connectivity index (χ0) is 14.8. The number of fused-ring (bicyclic) bond motifs is 1.